The molecule has 0 radical (unpaired) electrons. The summed E-state index contributed by atoms with van der Waals surface area (Å²) in [6, 6.07) is 24.5. The number of carbonyl (C=O) groups excluding carboxylic acids is 1. The van der Waals surface area contributed by atoms with Crippen molar-refractivity contribution in [3.63, 3.8) is 0 Å². The highest BCUT2D eigenvalue weighted by molar-refractivity contribution is 5.79. The van der Waals surface area contributed by atoms with Gasteiger partial charge in [-0.3, -0.25) is 4.90 Å². The summed E-state index contributed by atoms with van der Waals surface area (Å²) in [6.45, 7) is 1.34. The largest absolute Gasteiger partial charge is 0.448 e. The van der Waals surface area contributed by atoms with E-state index >= 15 is 0 Å². The van der Waals surface area contributed by atoms with Gasteiger partial charge in [0.05, 0.1) is 31.9 Å². The standard InChI is InChI=1S/C29H27NO4/c31-15-19-9-11-20(12-10-19)21-13-22-16-33-17-23(14-21)30(22)29(32)34-18-28-26-7-3-1-5-24(26)25-6-2-4-8-27(25)28/h1-13,22-23,28,31H,14-18H2. The smallest absolute Gasteiger partial charge is 0.410 e. The summed E-state index contributed by atoms with van der Waals surface area (Å²) in [4.78, 5) is 15.2. The lowest BCUT2D eigenvalue weighted by molar-refractivity contribution is -0.0331. The molecule has 172 valence electrons. The maximum atomic E-state index is 13.3. The lowest BCUT2D eigenvalue weighted by atomic mass is 9.90. The number of morpholine rings is 1. The van der Waals surface area contributed by atoms with Crippen LogP contribution in [0.25, 0.3) is 16.7 Å². The van der Waals surface area contributed by atoms with Gasteiger partial charge in [0.1, 0.15) is 6.61 Å². The first kappa shape index (κ1) is 21.1. The Hall–Kier alpha value is -3.41. The first-order valence-electron chi connectivity index (χ1n) is 11.8. The van der Waals surface area contributed by atoms with Gasteiger partial charge in [0.2, 0.25) is 0 Å². The number of aliphatic hydroxyl groups is 1. The lowest BCUT2D eigenvalue weighted by Gasteiger charge is -2.44. The number of amides is 1. The zero-order chi connectivity index (χ0) is 23.1. The van der Waals surface area contributed by atoms with Crippen LogP contribution in [0.1, 0.15) is 34.6 Å². The number of nitrogens with zero attached hydrogens (tertiary/aromatic N) is 1. The Morgan fingerprint density at radius 3 is 2.26 bits per heavy atom. The molecule has 34 heavy (non-hydrogen) atoms. The van der Waals surface area contributed by atoms with Crippen LogP contribution in [0.15, 0.2) is 78.9 Å². The lowest BCUT2D eigenvalue weighted by Crippen LogP contribution is -2.56. The van der Waals surface area contributed by atoms with Crippen molar-refractivity contribution in [3.05, 3.63) is 101 Å². The van der Waals surface area contributed by atoms with E-state index in [2.05, 4.69) is 42.5 Å². The third kappa shape index (κ3) is 3.61. The predicted octanol–water partition coefficient (Wildman–Crippen LogP) is 4.98. The molecule has 5 nitrogen and oxygen atoms in total. The number of ether oxygens (including phenoxy) is 2. The first-order valence-corrected chi connectivity index (χ1v) is 11.8. The fourth-order valence-corrected chi connectivity index (χ4v) is 5.59. The molecule has 1 amide bonds. The third-order valence-electron chi connectivity index (χ3n) is 7.25. The van der Waals surface area contributed by atoms with Crippen molar-refractivity contribution in [3.8, 4) is 11.1 Å². The van der Waals surface area contributed by atoms with Gasteiger partial charge in [-0.05, 0) is 45.4 Å². The minimum atomic E-state index is -0.272. The topological polar surface area (TPSA) is 59.0 Å². The maximum Gasteiger partial charge on any atom is 0.410 e. The first-order chi connectivity index (χ1) is 16.7. The Morgan fingerprint density at radius 2 is 1.62 bits per heavy atom. The number of carbonyl (C=O) groups is 1. The fraction of sp³-hybridized carbons (Fsp3) is 0.276. The minimum Gasteiger partial charge on any atom is -0.448 e. The molecule has 3 aromatic carbocycles. The highest BCUT2D eigenvalue weighted by Crippen LogP contribution is 2.44. The van der Waals surface area contributed by atoms with E-state index in [1.807, 2.05) is 41.3 Å². The maximum absolute atomic E-state index is 13.3. The van der Waals surface area contributed by atoms with Gasteiger partial charge in [-0.25, -0.2) is 4.79 Å². The van der Waals surface area contributed by atoms with Crippen molar-refractivity contribution in [1.29, 1.82) is 0 Å². The van der Waals surface area contributed by atoms with Crippen LogP contribution < -0.4 is 0 Å². The van der Waals surface area contributed by atoms with E-state index in [0.29, 0.717) is 19.8 Å². The molecule has 2 unspecified atom stereocenters. The third-order valence-corrected chi connectivity index (χ3v) is 7.25. The Balaban J connectivity index is 1.20. The van der Waals surface area contributed by atoms with E-state index in [1.165, 1.54) is 27.8 Å². The highest BCUT2D eigenvalue weighted by atomic mass is 16.6. The van der Waals surface area contributed by atoms with Gasteiger partial charge in [0.15, 0.2) is 0 Å². The molecular formula is C29H27NO4. The SMILES string of the molecule is O=C(OCC1c2ccccc2-c2ccccc21)N1C2C=C(c3ccc(CO)cc3)CC1COC2. The second-order valence-corrected chi connectivity index (χ2v) is 9.22. The van der Waals surface area contributed by atoms with Crippen LogP contribution in [0, 0.1) is 0 Å². The summed E-state index contributed by atoms with van der Waals surface area (Å²) >= 11 is 0. The number of hydrogen-bond donors (Lipinski definition) is 1. The second kappa shape index (κ2) is 8.75. The zero-order valence-electron chi connectivity index (χ0n) is 18.9. The number of benzene rings is 3. The van der Waals surface area contributed by atoms with E-state index in [4.69, 9.17) is 9.47 Å². The summed E-state index contributed by atoms with van der Waals surface area (Å²) in [5.74, 6) is 0.0494. The van der Waals surface area contributed by atoms with Gasteiger partial charge in [0, 0.05) is 5.92 Å². The predicted molar refractivity (Wildman–Crippen MR) is 130 cm³/mol. The normalized spacial score (nSPS) is 21.0. The molecule has 1 saturated heterocycles. The monoisotopic (exact) mass is 453 g/mol. The van der Waals surface area contributed by atoms with Gasteiger partial charge in [-0.15, -0.1) is 0 Å². The molecule has 1 N–H and O–H groups in total. The van der Waals surface area contributed by atoms with Crippen molar-refractivity contribution in [1.82, 2.24) is 4.90 Å². The fourth-order valence-electron chi connectivity index (χ4n) is 5.59. The van der Waals surface area contributed by atoms with E-state index in [0.717, 1.165) is 17.5 Å². The Labute approximate surface area is 199 Å². The van der Waals surface area contributed by atoms with Crippen LogP contribution >= 0.6 is 0 Å². The molecule has 2 atom stereocenters. The average molecular weight is 454 g/mol. The summed E-state index contributed by atoms with van der Waals surface area (Å²) in [6.07, 6.45) is 2.58. The summed E-state index contributed by atoms with van der Waals surface area (Å²) < 4.78 is 11.7. The van der Waals surface area contributed by atoms with Gasteiger partial charge in [0.25, 0.3) is 0 Å². The molecule has 2 heterocycles. The van der Waals surface area contributed by atoms with Gasteiger partial charge in [-0.1, -0.05) is 78.9 Å². The average Bonchev–Trinajstić information content (AvgIpc) is 3.20. The summed E-state index contributed by atoms with van der Waals surface area (Å²) in [5, 5.41) is 9.31. The number of fused-ring (bicyclic) bond motifs is 5. The molecule has 3 aromatic rings. The van der Waals surface area contributed by atoms with E-state index < -0.39 is 0 Å². The van der Waals surface area contributed by atoms with Gasteiger partial charge in [-0.2, -0.15) is 0 Å². The van der Waals surface area contributed by atoms with Crippen molar-refractivity contribution in [2.24, 2.45) is 0 Å². The quantitative estimate of drug-likeness (QED) is 0.605. The van der Waals surface area contributed by atoms with Crippen LogP contribution in [-0.2, 0) is 16.1 Å². The molecule has 0 saturated carbocycles. The zero-order valence-corrected chi connectivity index (χ0v) is 18.9. The molecule has 2 bridgehead atoms. The number of aliphatic hydroxyl groups excluding tert-OH is 1. The Kier molecular flexibility index (Phi) is 5.44. The molecule has 1 aliphatic carbocycles. The van der Waals surface area contributed by atoms with E-state index in [9.17, 15) is 9.90 Å². The number of rotatable bonds is 4. The highest BCUT2D eigenvalue weighted by Gasteiger charge is 2.39. The molecule has 0 spiro atoms. The summed E-state index contributed by atoms with van der Waals surface area (Å²) in [5.41, 5.74) is 8.11. The molecule has 5 heteroatoms. The van der Waals surface area contributed by atoms with Gasteiger partial charge >= 0.3 is 6.09 Å². The van der Waals surface area contributed by atoms with Crippen LogP contribution in [0.4, 0.5) is 4.79 Å². The molecule has 6 rings (SSSR count). The van der Waals surface area contributed by atoms with Crippen LogP contribution in [0.3, 0.4) is 0 Å². The van der Waals surface area contributed by atoms with Crippen molar-refractivity contribution in [2.75, 3.05) is 19.8 Å². The van der Waals surface area contributed by atoms with E-state index in [1.54, 1.807) is 0 Å². The van der Waals surface area contributed by atoms with Gasteiger partial charge < -0.3 is 14.6 Å². The Bertz CT molecular complexity index is 1200. The van der Waals surface area contributed by atoms with E-state index in [-0.39, 0.29) is 30.7 Å². The summed E-state index contributed by atoms with van der Waals surface area (Å²) in [7, 11) is 0. The molecular weight excluding hydrogens is 426 g/mol. The van der Waals surface area contributed by atoms with Crippen LogP contribution in [0.5, 0.6) is 0 Å². The van der Waals surface area contributed by atoms with Crippen LogP contribution in [-0.4, -0.2) is 48.0 Å². The Morgan fingerprint density at radius 1 is 0.941 bits per heavy atom. The minimum absolute atomic E-state index is 0.0357. The van der Waals surface area contributed by atoms with Crippen molar-refractivity contribution >= 4 is 11.7 Å². The van der Waals surface area contributed by atoms with Crippen molar-refractivity contribution < 1.29 is 19.4 Å². The van der Waals surface area contributed by atoms with Crippen molar-refractivity contribution in [2.45, 2.75) is 31.0 Å². The molecule has 0 aromatic heterocycles. The molecule has 2 aliphatic heterocycles. The second-order valence-electron chi connectivity index (χ2n) is 9.22. The van der Waals surface area contributed by atoms with Crippen LogP contribution in [0.2, 0.25) is 0 Å². The number of hydrogen-bond acceptors (Lipinski definition) is 4. The molecule has 1 fully saturated rings. The molecule has 3 aliphatic rings.